The van der Waals surface area contributed by atoms with Gasteiger partial charge in [0.2, 0.25) is 0 Å². The molecule has 1 heteroatoms. The fourth-order valence-electron chi connectivity index (χ4n) is 3.09. The normalized spacial score (nSPS) is 31.6. The molecule has 2 aliphatic rings. The highest BCUT2D eigenvalue weighted by Gasteiger charge is 2.33. The van der Waals surface area contributed by atoms with E-state index in [4.69, 9.17) is 0 Å². The highest BCUT2D eigenvalue weighted by Crippen LogP contribution is 2.41. The van der Waals surface area contributed by atoms with Crippen molar-refractivity contribution in [3.05, 3.63) is 54.4 Å². The van der Waals surface area contributed by atoms with Crippen LogP contribution in [0.2, 0.25) is 0 Å². The van der Waals surface area contributed by atoms with E-state index in [0.717, 1.165) is 24.2 Å². The summed E-state index contributed by atoms with van der Waals surface area (Å²) in [5.41, 5.74) is 1.25. The quantitative estimate of drug-likeness (QED) is 0.730. The van der Waals surface area contributed by atoms with Crippen molar-refractivity contribution < 1.29 is 0 Å². The van der Waals surface area contributed by atoms with E-state index in [-0.39, 0.29) is 0 Å². The molecule has 16 heavy (non-hydrogen) atoms. The largest absolute Gasteiger partial charge is 0.261 e. The minimum atomic E-state index is 0.756. The minimum absolute atomic E-state index is 0.756. The molecule has 82 valence electrons. The van der Waals surface area contributed by atoms with E-state index >= 15 is 0 Å². The molecule has 0 bridgehead atoms. The molecule has 0 amide bonds. The third kappa shape index (κ3) is 1.82. The molecule has 0 saturated heterocycles. The Kier molecular flexibility index (Phi) is 2.61. The molecule has 0 aliphatic heterocycles. The van der Waals surface area contributed by atoms with Crippen molar-refractivity contribution in [2.24, 2.45) is 17.8 Å². The second kappa shape index (κ2) is 4.25. The molecule has 0 N–H and O–H groups in total. The van der Waals surface area contributed by atoms with Crippen LogP contribution in [0.25, 0.3) is 0 Å². The number of nitrogens with zero attached hydrogens (tertiary/aromatic N) is 1. The Morgan fingerprint density at radius 1 is 1.12 bits per heavy atom. The summed E-state index contributed by atoms with van der Waals surface area (Å²) in [4.78, 5) is 4.44. The lowest BCUT2D eigenvalue weighted by Gasteiger charge is -2.21. The number of rotatable bonds is 2. The van der Waals surface area contributed by atoms with Crippen LogP contribution < -0.4 is 0 Å². The molecule has 1 nitrogen and oxygen atoms in total. The van der Waals surface area contributed by atoms with E-state index in [0.29, 0.717) is 0 Å². The molecule has 0 spiro atoms. The first-order chi connectivity index (χ1) is 7.93. The van der Waals surface area contributed by atoms with E-state index in [1.54, 1.807) is 0 Å². The number of hydrogen-bond acceptors (Lipinski definition) is 1. The predicted octanol–water partition coefficient (Wildman–Crippen LogP) is 3.39. The average molecular weight is 211 g/mol. The average Bonchev–Trinajstić information content (AvgIpc) is 2.74. The lowest BCUT2D eigenvalue weighted by Crippen LogP contribution is -2.15. The second-order valence-corrected chi connectivity index (χ2v) is 4.87. The molecule has 0 radical (unpaired) electrons. The molecular formula is C15H17N. The molecule has 3 rings (SSSR count). The molecule has 1 saturated carbocycles. The first-order valence-electron chi connectivity index (χ1n) is 6.18. The van der Waals surface area contributed by atoms with Crippen LogP contribution in [0.4, 0.5) is 0 Å². The van der Waals surface area contributed by atoms with Gasteiger partial charge in [-0.25, -0.2) is 0 Å². The summed E-state index contributed by atoms with van der Waals surface area (Å²) in [6.45, 7) is 0. The first kappa shape index (κ1) is 9.83. The minimum Gasteiger partial charge on any atom is -0.261 e. The SMILES string of the molecule is C1=CC2CCC(Cc3ccccn3)C2C=C1. The van der Waals surface area contributed by atoms with Gasteiger partial charge in [-0.15, -0.1) is 0 Å². The van der Waals surface area contributed by atoms with Crippen molar-refractivity contribution in [1.29, 1.82) is 0 Å². The van der Waals surface area contributed by atoms with Crippen molar-refractivity contribution in [1.82, 2.24) is 4.98 Å². The van der Waals surface area contributed by atoms with Crippen LogP contribution in [0.3, 0.4) is 0 Å². The zero-order chi connectivity index (χ0) is 10.8. The lowest BCUT2D eigenvalue weighted by atomic mass is 9.84. The molecule has 0 aromatic carbocycles. The van der Waals surface area contributed by atoms with E-state index in [9.17, 15) is 0 Å². The summed E-state index contributed by atoms with van der Waals surface area (Å²) in [5, 5.41) is 0. The van der Waals surface area contributed by atoms with Crippen molar-refractivity contribution in [2.75, 3.05) is 0 Å². The molecular weight excluding hydrogens is 194 g/mol. The first-order valence-corrected chi connectivity index (χ1v) is 6.18. The fraction of sp³-hybridized carbons (Fsp3) is 0.400. The molecule has 1 heterocycles. The third-order valence-corrected chi connectivity index (χ3v) is 3.91. The summed E-state index contributed by atoms with van der Waals surface area (Å²) in [5.74, 6) is 2.34. The van der Waals surface area contributed by atoms with Gasteiger partial charge in [-0.05, 0) is 49.1 Å². The van der Waals surface area contributed by atoms with E-state index in [1.165, 1.54) is 18.5 Å². The standard InChI is InChI=1S/C15H17N/c1-2-7-15-12(5-1)8-9-13(15)11-14-6-3-4-10-16-14/h1-7,10,12-13,15H,8-9,11H2. The summed E-state index contributed by atoms with van der Waals surface area (Å²) < 4.78 is 0. The number of fused-ring (bicyclic) bond motifs is 1. The van der Waals surface area contributed by atoms with E-state index in [1.807, 2.05) is 12.3 Å². The van der Waals surface area contributed by atoms with Crippen LogP contribution in [0.5, 0.6) is 0 Å². The van der Waals surface area contributed by atoms with Gasteiger partial charge in [0.1, 0.15) is 0 Å². The van der Waals surface area contributed by atoms with Gasteiger partial charge in [0.15, 0.2) is 0 Å². The highest BCUT2D eigenvalue weighted by atomic mass is 14.7. The Bertz CT molecular complexity index is 405. The Morgan fingerprint density at radius 2 is 2.06 bits per heavy atom. The lowest BCUT2D eigenvalue weighted by molar-refractivity contribution is 0.413. The van der Waals surface area contributed by atoms with Crippen molar-refractivity contribution in [3.63, 3.8) is 0 Å². The van der Waals surface area contributed by atoms with Crippen LogP contribution in [0, 0.1) is 17.8 Å². The molecule has 2 aliphatic carbocycles. The maximum absolute atomic E-state index is 4.44. The van der Waals surface area contributed by atoms with Gasteiger partial charge in [-0.2, -0.15) is 0 Å². The Balaban J connectivity index is 1.73. The molecule has 1 aromatic rings. The molecule has 3 unspecified atom stereocenters. The summed E-state index contributed by atoms with van der Waals surface area (Å²) in [6.07, 6.45) is 14.9. The van der Waals surface area contributed by atoms with Gasteiger partial charge in [0.05, 0.1) is 0 Å². The number of aromatic nitrogens is 1. The maximum atomic E-state index is 4.44. The monoisotopic (exact) mass is 211 g/mol. The van der Waals surface area contributed by atoms with Gasteiger partial charge >= 0.3 is 0 Å². The zero-order valence-electron chi connectivity index (χ0n) is 9.42. The topological polar surface area (TPSA) is 12.9 Å². The predicted molar refractivity (Wildman–Crippen MR) is 65.9 cm³/mol. The Morgan fingerprint density at radius 3 is 2.94 bits per heavy atom. The van der Waals surface area contributed by atoms with Gasteiger partial charge in [-0.1, -0.05) is 30.4 Å². The van der Waals surface area contributed by atoms with Crippen molar-refractivity contribution >= 4 is 0 Å². The second-order valence-electron chi connectivity index (χ2n) is 4.87. The summed E-state index contributed by atoms with van der Waals surface area (Å²) in [6, 6.07) is 6.23. The zero-order valence-corrected chi connectivity index (χ0v) is 9.42. The highest BCUT2D eigenvalue weighted by molar-refractivity contribution is 5.18. The van der Waals surface area contributed by atoms with Gasteiger partial charge in [0.25, 0.3) is 0 Å². The Labute approximate surface area is 96.9 Å². The number of hydrogen-bond donors (Lipinski definition) is 0. The van der Waals surface area contributed by atoms with E-state index < -0.39 is 0 Å². The molecule has 3 atom stereocenters. The summed E-state index contributed by atoms with van der Waals surface area (Å²) in [7, 11) is 0. The van der Waals surface area contributed by atoms with Crippen molar-refractivity contribution in [3.8, 4) is 0 Å². The van der Waals surface area contributed by atoms with Crippen LogP contribution >= 0.6 is 0 Å². The summed E-state index contributed by atoms with van der Waals surface area (Å²) >= 11 is 0. The fourth-order valence-corrected chi connectivity index (χ4v) is 3.09. The van der Waals surface area contributed by atoms with Crippen LogP contribution in [-0.2, 0) is 6.42 Å². The Hall–Kier alpha value is -1.37. The van der Waals surface area contributed by atoms with E-state index in [2.05, 4.69) is 41.4 Å². The van der Waals surface area contributed by atoms with Crippen LogP contribution in [0.1, 0.15) is 18.5 Å². The van der Waals surface area contributed by atoms with Gasteiger partial charge < -0.3 is 0 Å². The van der Waals surface area contributed by atoms with Crippen molar-refractivity contribution in [2.45, 2.75) is 19.3 Å². The maximum Gasteiger partial charge on any atom is 0.0406 e. The smallest absolute Gasteiger partial charge is 0.0406 e. The number of pyridine rings is 1. The third-order valence-electron chi connectivity index (χ3n) is 3.91. The van der Waals surface area contributed by atoms with Gasteiger partial charge in [-0.3, -0.25) is 4.98 Å². The molecule has 1 fully saturated rings. The van der Waals surface area contributed by atoms with Gasteiger partial charge in [0, 0.05) is 11.9 Å². The van der Waals surface area contributed by atoms with Crippen LogP contribution in [-0.4, -0.2) is 4.98 Å². The number of allylic oxidation sites excluding steroid dienone is 4. The van der Waals surface area contributed by atoms with Crippen LogP contribution in [0.15, 0.2) is 48.7 Å². The molecule has 1 aromatic heterocycles.